The van der Waals surface area contributed by atoms with Gasteiger partial charge < -0.3 is 0 Å². The van der Waals surface area contributed by atoms with Crippen molar-refractivity contribution in [2.24, 2.45) is 5.41 Å². The van der Waals surface area contributed by atoms with E-state index in [0.717, 1.165) is 0 Å². The molecule has 0 aromatic heterocycles. The maximum atomic E-state index is 3.61. The van der Waals surface area contributed by atoms with Crippen molar-refractivity contribution in [3.63, 3.8) is 0 Å². The highest BCUT2D eigenvalue weighted by atomic mass is 14.1. The normalized spacial score (nSPS) is 13.1. The molecule has 0 saturated heterocycles. The summed E-state index contributed by atoms with van der Waals surface area (Å²) in [6.45, 7) is 9.96. The zero-order valence-electron chi connectivity index (χ0n) is 7.09. The number of hydrogen-bond donors (Lipinski definition) is 0. The first-order valence-corrected chi connectivity index (χ1v) is 3.56. The van der Waals surface area contributed by atoms with Gasteiger partial charge in [-0.1, -0.05) is 50.8 Å². The summed E-state index contributed by atoms with van der Waals surface area (Å²) >= 11 is 0. The zero-order valence-corrected chi connectivity index (χ0v) is 7.09. The van der Waals surface area contributed by atoms with Crippen molar-refractivity contribution in [3.8, 4) is 0 Å². The summed E-state index contributed by atoms with van der Waals surface area (Å²) in [5.74, 6) is 0. The van der Waals surface area contributed by atoms with Crippen LogP contribution in [0.2, 0.25) is 0 Å². The Morgan fingerprint density at radius 2 is 1.80 bits per heavy atom. The van der Waals surface area contributed by atoms with E-state index >= 15 is 0 Å². The van der Waals surface area contributed by atoms with Crippen LogP contribution in [0.15, 0.2) is 37.0 Å². The highest BCUT2D eigenvalue weighted by molar-refractivity contribution is 5.10. The fourth-order valence-electron chi connectivity index (χ4n) is 0.801. The highest BCUT2D eigenvalue weighted by Gasteiger charge is 2.05. The molecule has 0 aromatic rings. The van der Waals surface area contributed by atoms with E-state index in [0.29, 0.717) is 0 Å². The molecule has 0 bridgehead atoms. The summed E-state index contributed by atoms with van der Waals surface area (Å²) in [5, 5.41) is 0. The molecule has 0 rings (SSSR count). The molecule has 0 aliphatic heterocycles. The van der Waals surface area contributed by atoms with E-state index in [1.54, 1.807) is 6.08 Å². The van der Waals surface area contributed by atoms with Crippen LogP contribution in [0, 0.1) is 5.41 Å². The Labute approximate surface area is 64.0 Å². The van der Waals surface area contributed by atoms with E-state index in [1.165, 1.54) is 0 Å². The molecule has 0 unspecified atom stereocenters. The molecule has 0 saturated carbocycles. The van der Waals surface area contributed by atoms with E-state index in [-0.39, 0.29) is 5.41 Å². The Morgan fingerprint density at radius 1 is 1.20 bits per heavy atom. The second-order valence-corrected chi connectivity index (χ2v) is 2.92. The van der Waals surface area contributed by atoms with Gasteiger partial charge in [-0.15, -0.1) is 0 Å². The number of allylic oxidation sites excluding steroid dienone is 5. The van der Waals surface area contributed by atoms with Crippen molar-refractivity contribution in [2.45, 2.75) is 20.8 Å². The Kier molecular flexibility index (Phi) is 3.78. The predicted octanol–water partition coefficient (Wildman–Crippen LogP) is 3.33. The molecule has 0 atom stereocenters. The SMILES string of the molecule is C=CC=CC(C)(C)C=CC. The summed E-state index contributed by atoms with van der Waals surface area (Å²) in [7, 11) is 0. The van der Waals surface area contributed by atoms with Crippen LogP contribution in [0.1, 0.15) is 20.8 Å². The van der Waals surface area contributed by atoms with Gasteiger partial charge in [0.25, 0.3) is 0 Å². The van der Waals surface area contributed by atoms with Gasteiger partial charge in [0.1, 0.15) is 0 Å². The van der Waals surface area contributed by atoms with Gasteiger partial charge in [0.15, 0.2) is 0 Å². The van der Waals surface area contributed by atoms with E-state index in [2.05, 4.69) is 38.7 Å². The maximum absolute atomic E-state index is 3.61. The molecule has 0 heteroatoms. The van der Waals surface area contributed by atoms with Gasteiger partial charge in [-0.25, -0.2) is 0 Å². The van der Waals surface area contributed by atoms with Crippen LogP contribution in [-0.4, -0.2) is 0 Å². The van der Waals surface area contributed by atoms with E-state index in [4.69, 9.17) is 0 Å². The molecule has 0 aliphatic rings. The molecule has 0 fully saturated rings. The minimum atomic E-state index is 0.170. The van der Waals surface area contributed by atoms with Crippen LogP contribution in [0.3, 0.4) is 0 Å². The first kappa shape index (κ1) is 9.22. The third-order valence-corrected chi connectivity index (χ3v) is 1.26. The smallest absolute Gasteiger partial charge is 0.000741 e. The third kappa shape index (κ3) is 4.13. The summed E-state index contributed by atoms with van der Waals surface area (Å²) in [6.07, 6.45) is 10.1. The molecule has 0 radical (unpaired) electrons. The lowest BCUT2D eigenvalue weighted by atomic mass is 9.92. The van der Waals surface area contributed by atoms with Crippen molar-refractivity contribution < 1.29 is 0 Å². The van der Waals surface area contributed by atoms with E-state index < -0.39 is 0 Å². The quantitative estimate of drug-likeness (QED) is 0.412. The van der Waals surface area contributed by atoms with Crippen LogP contribution in [0.25, 0.3) is 0 Å². The summed E-state index contributed by atoms with van der Waals surface area (Å²) in [4.78, 5) is 0. The first-order valence-electron chi connectivity index (χ1n) is 3.56. The second kappa shape index (κ2) is 4.10. The van der Waals surface area contributed by atoms with Crippen LogP contribution in [0.4, 0.5) is 0 Å². The molecule has 0 N–H and O–H groups in total. The van der Waals surface area contributed by atoms with Crippen LogP contribution in [-0.2, 0) is 0 Å². The monoisotopic (exact) mass is 136 g/mol. The molecule has 0 aliphatic carbocycles. The van der Waals surface area contributed by atoms with Gasteiger partial charge in [0.05, 0.1) is 0 Å². The molecule has 0 heterocycles. The predicted molar refractivity (Wildman–Crippen MR) is 47.9 cm³/mol. The third-order valence-electron chi connectivity index (χ3n) is 1.26. The van der Waals surface area contributed by atoms with Gasteiger partial charge in [-0.3, -0.25) is 0 Å². The second-order valence-electron chi connectivity index (χ2n) is 2.92. The minimum Gasteiger partial charge on any atom is -0.0991 e. The van der Waals surface area contributed by atoms with Gasteiger partial charge >= 0.3 is 0 Å². The maximum Gasteiger partial charge on any atom is 0.000741 e. The molecule has 0 nitrogen and oxygen atoms in total. The van der Waals surface area contributed by atoms with Crippen molar-refractivity contribution >= 4 is 0 Å². The lowest BCUT2D eigenvalue weighted by molar-refractivity contribution is 0.625. The van der Waals surface area contributed by atoms with Crippen molar-refractivity contribution in [1.29, 1.82) is 0 Å². The fourth-order valence-corrected chi connectivity index (χ4v) is 0.801. The van der Waals surface area contributed by atoms with Gasteiger partial charge in [-0.2, -0.15) is 0 Å². The van der Waals surface area contributed by atoms with Gasteiger partial charge in [0, 0.05) is 5.41 Å². The molecular formula is C10H16. The largest absolute Gasteiger partial charge is 0.0991 e. The summed E-state index contributed by atoms with van der Waals surface area (Å²) < 4.78 is 0. The molecule has 0 aromatic carbocycles. The molecule has 56 valence electrons. The van der Waals surface area contributed by atoms with Crippen LogP contribution >= 0.6 is 0 Å². The average Bonchev–Trinajstić information content (AvgIpc) is 1.84. The first-order chi connectivity index (χ1) is 4.62. The minimum absolute atomic E-state index is 0.170. The highest BCUT2D eigenvalue weighted by Crippen LogP contribution is 2.18. The summed E-state index contributed by atoms with van der Waals surface area (Å²) in [5.41, 5.74) is 0.170. The van der Waals surface area contributed by atoms with E-state index in [9.17, 15) is 0 Å². The standard InChI is InChI=1S/C10H16/c1-5-7-9-10(3,4)8-6-2/h5-9H,1H2,2-4H3. The van der Waals surface area contributed by atoms with Crippen molar-refractivity contribution in [1.82, 2.24) is 0 Å². The van der Waals surface area contributed by atoms with Gasteiger partial charge in [0.2, 0.25) is 0 Å². The topological polar surface area (TPSA) is 0 Å². The van der Waals surface area contributed by atoms with Crippen molar-refractivity contribution in [3.05, 3.63) is 37.0 Å². The summed E-state index contributed by atoms with van der Waals surface area (Å²) in [6, 6.07) is 0. The van der Waals surface area contributed by atoms with Crippen LogP contribution < -0.4 is 0 Å². The van der Waals surface area contributed by atoms with Crippen molar-refractivity contribution in [2.75, 3.05) is 0 Å². The molecule has 0 amide bonds. The Morgan fingerprint density at radius 3 is 2.20 bits per heavy atom. The average molecular weight is 136 g/mol. The lowest BCUT2D eigenvalue weighted by Crippen LogP contribution is -2.00. The lowest BCUT2D eigenvalue weighted by Gasteiger charge is -2.12. The molecular weight excluding hydrogens is 120 g/mol. The van der Waals surface area contributed by atoms with Crippen LogP contribution in [0.5, 0.6) is 0 Å². The molecule has 0 spiro atoms. The Bertz CT molecular complexity index is 147. The van der Waals surface area contributed by atoms with E-state index in [1.807, 2.05) is 13.0 Å². The number of hydrogen-bond acceptors (Lipinski definition) is 0. The van der Waals surface area contributed by atoms with Gasteiger partial charge in [-0.05, 0) is 6.92 Å². The number of rotatable bonds is 3. The zero-order chi connectivity index (χ0) is 8.04. The Hall–Kier alpha value is -0.780. The Balaban J connectivity index is 4.10. The molecule has 10 heavy (non-hydrogen) atoms. The fraction of sp³-hybridized carbons (Fsp3) is 0.400.